The fraction of sp³-hybridized carbons (Fsp3) is 0.417. The van der Waals surface area contributed by atoms with Gasteiger partial charge in [0.05, 0.1) is 17.9 Å². The van der Waals surface area contributed by atoms with Crippen molar-refractivity contribution in [2.24, 2.45) is 0 Å². The molecule has 3 heteroatoms. The summed E-state index contributed by atoms with van der Waals surface area (Å²) in [5.74, 6) is 0.140. The molecule has 0 radical (unpaired) electrons. The van der Waals surface area contributed by atoms with Crippen LogP contribution in [0.5, 0.6) is 0 Å². The molecule has 0 fully saturated rings. The van der Waals surface area contributed by atoms with Crippen molar-refractivity contribution in [1.82, 2.24) is 0 Å². The van der Waals surface area contributed by atoms with Gasteiger partial charge in [-0.05, 0) is 38.5 Å². The molecular formula is C12H16N2O. The Morgan fingerprint density at radius 2 is 2.13 bits per heavy atom. The van der Waals surface area contributed by atoms with Crippen molar-refractivity contribution >= 4 is 17.3 Å². The number of amides is 1. The molecule has 1 aromatic rings. The minimum Gasteiger partial charge on any atom is -0.374 e. The van der Waals surface area contributed by atoms with Crippen molar-refractivity contribution in [3.63, 3.8) is 0 Å². The van der Waals surface area contributed by atoms with Gasteiger partial charge in [-0.1, -0.05) is 6.07 Å². The van der Waals surface area contributed by atoms with E-state index in [4.69, 9.17) is 0 Å². The number of benzene rings is 1. The summed E-state index contributed by atoms with van der Waals surface area (Å²) in [5.41, 5.74) is 3.26. The van der Waals surface area contributed by atoms with Crippen molar-refractivity contribution in [3.05, 3.63) is 23.8 Å². The van der Waals surface area contributed by atoms with E-state index in [1.54, 1.807) is 0 Å². The lowest BCUT2D eigenvalue weighted by Gasteiger charge is -2.33. The van der Waals surface area contributed by atoms with Gasteiger partial charge in [0, 0.05) is 6.04 Å². The van der Waals surface area contributed by atoms with Gasteiger partial charge in [0.1, 0.15) is 0 Å². The van der Waals surface area contributed by atoms with Crippen LogP contribution in [0.15, 0.2) is 18.2 Å². The molecule has 1 N–H and O–H groups in total. The van der Waals surface area contributed by atoms with Crippen molar-refractivity contribution in [3.8, 4) is 0 Å². The summed E-state index contributed by atoms with van der Waals surface area (Å²) in [6.45, 7) is 6.52. The lowest BCUT2D eigenvalue weighted by molar-refractivity contribution is -0.117. The second kappa shape index (κ2) is 3.57. The molecule has 1 aliphatic heterocycles. The smallest absolute Gasteiger partial charge is 0.246 e. The molecular weight excluding hydrogens is 188 g/mol. The first-order valence-electron chi connectivity index (χ1n) is 5.26. The third-order valence-electron chi connectivity index (χ3n) is 2.63. The van der Waals surface area contributed by atoms with Crippen LogP contribution >= 0.6 is 0 Å². The Labute approximate surface area is 90.1 Å². The van der Waals surface area contributed by atoms with Gasteiger partial charge in [-0.25, -0.2) is 0 Å². The summed E-state index contributed by atoms with van der Waals surface area (Å²) in [7, 11) is 0. The largest absolute Gasteiger partial charge is 0.374 e. The topological polar surface area (TPSA) is 32.3 Å². The molecule has 0 unspecified atom stereocenters. The van der Waals surface area contributed by atoms with E-state index in [0.29, 0.717) is 6.54 Å². The molecule has 2 rings (SSSR count). The highest BCUT2D eigenvalue weighted by molar-refractivity contribution is 6.03. The number of fused-ring (bicyclic) bond motifs is 1. The molecule has 0 aliphatic carbocycles. The number of hydrogen-bond acceptors (Lipinski definition) is 2. The minimum absolute atomic E-state index is 0.140. The number of nitrogens with zero attached hydrogens (tertiary/aromatic N) is 1. The highest BCUT2D eigenvalue weighted by Gasteiger charge is 2.25. The number of rotatable bonds is 1. The fourth-order valence-electron chi connectivity index (χ4n) is 1.96. The van der Waals surface area contributed by atoms with Gasteiger partial charge in [0.25, 0.3) is 0 Å². The average molecular weight is 204 g/mol. The molecule has 1 amide bonds. The summed E-state index contributed by atoms with van der Waals surface area (Å²) in [5, 5.41) is 3.15. The van der Waals surface area contributed by atoms with Crippen LogP contribution in [0, 0.1) is 6.92 Å². The second-order valence-corrected chi connectivity index (χ2v) is 4.23. The Morgan fingerprint density at radius 1 is 1.40 bits per heavy atom. The number of nitrogens with one attached hydrogen (secondary N) is 1. The van der Waals surface area contributed by atoms with E-state index >= 15 is 0 Å². The van der Waals surface area contributed by atoms with Gasteiger partial charge < -0.3 is 10.2 Å². The third-order valence-corrected chi connectivity index (χ3v) is 2.63. The van der Waals surface area contributed by atoms with Crippen molar-refractivity contribution < 1.29 is 4.79 Å². The van der Waals surface area contributed by atoms with Crippen LogP contribution in [-0.2, 0) is 4.79 Å². The van der Waals surface area contributed by atoms with Crippen LogP contribution in [-0.4, -0.2) is 18.5 Å². The molecule has 0 aromatic heterocycles. The lowest BCUT2D eigenvalue weighted by atomic mass is 10.1. The Bertz CT molecular complexity index is 399. The average Bonchev–Trinajstić information content (AvgIpc) is 2.17. The molecule has 3 nitrogen and oxygen atoms in total. The van der Waals surface area contributed by atoms with Crippen LogP contribution in [0.3, 0.4) is 0 Å². The lowest BCUT2D eigenvalue weighted by Crippen LogP contribution is -2.44. The summed E-state index contributed by atoms with van der Waals surface area (Å²) < 4.78 is 0. The first-order chi connectivity index (χ1) is 7.09. The summed E-state index contributed by atoms with van der Waals surface area (Å²) in [6, 6.07) is 6.33. The first kappa shape index (κ1) is 10.0. The molecule has 0 atom stereocenters. The molecule has 0 bridgehead atoms. The second-order valence-electron chi connectivity index (χ2n) is 4.23. The normalized spacial score (nSPS) is 15.2. The van der Waals surface area contributed by atoms with Gasteiger partial charge in [0.15, 0.2) is 0 Å². The number of anilines is 2. The van der Waals surface area contributed by atoms with E-state index in [2.05, 4.69) is 18.3 Å². The van der Waals surface area contributed by atoms with E-state index in [-0.39, 0.29) is 11.9 Å². The molecule has 15 heavy (non-hydrogen) atoms. The highest BCUT2D eigenvalue weighted by atomic mass is 16.2. The monoisotopic (exact) mass is 204 g/mol. The summed E-state index contributed by atoms with van der Waals surface area (Å²) in [6.07, 6.45) is 0. The van der Waals surface area contributed by atoms with Crippen molar-refractivity contribution in [2.75, 3.05) is 16.8 Å². The molecule has 1 aliphatic rings. The van der Waals surface area contributed by atoms with E-state index in [0.717, 1.165) is 11.4 Å². The molecule has 1 aromatic carbocycles. The Hall–Kier alpha value is -1.51. The van der Waals surface area contributed by atoms with E-state index in [1.165, 1.54) is 5.56 Å². The van der Waals surface area contributed by atoms with Crippen LogP contribution in [0.25, 0.3) is 0 Å². The first-order valence-corrected chi connectivity index (χ1v) is 5.26. The Balaban J connectivity index is 2.48. The van der Waals surface area contributed by atoms with E-state index in [9.17, 15) is 4.79 Å². The molecule has 80 valence electrons. The van der Waals surface area contributed by atoms with Crippen molar-refractivity contribution in [2.45, 2.75) is 26.8 Å². The standard InChI is InChI=1S/C12H16N2O/c1-8(2)14-11-5-4-9(3)6-10(11)13-7-12(14)15/h4-6,8,13H,7H2,1-3H3. The number of hydrogen-bond donors (Lipinski definition) is 1. The fourth-order valence-corrected chi connectivity index (χ4v) is 1.96. The van der Waals surface area contributed by atoms with E-state index in [1.807, 2.05) is 30.9 Å². The SMILES string of the molecule is Cc1ccc2c(c1)NCC(=O)N2C(C)C. The zero-order valence-electron chi connectivity index (χ0n) is 9.37. The maximum atomic E-state index is 11.7. The molecule has 0 saturated carbocycles. The zero-order valence-corrected chi connectivity index (χ0v) is 9.37. The minimum atomic E-state index is 0.140. The van der Waals surface area contributed by atoms with Crippen LogP contribution in [0.2, 0.25) is 0 Å². The maximum absolute atomic E-state index is 11.7. The molecule has 0 saturated heterocycles. The zero-order chi connectivity index (χ0) is 11.0. The van der Waals surface area contributed by atoms with Crippen molar-refractivity contribution in [1.29, 1.82) is 0 Å². The molecule has 0 spiro atoms. The van der Waals surface area contributed by atoms with Crippen LogP contribution < -0.4 is 10.2 Å². The molecule has 1 heterocycles. The maximum Gasteiger partial charge on any atom is 0.246 e. The highest BCUT2D eigenvalue weighted by Crippen LogP contribution is 2.31. The van der Waals surface area contributed by atoms with Crippen LogP contribution in [0.1, 0.15) is 19.4 Å². The summed E-state index contributed by atoms with van der Waals surface area (Å²) >= 11 is 0. The summed E-state index contributed by atoms with van der Waals surface area (Å²) in [4.78, 5) is 13.6. The Kier molecular flexibility index (Phi) is 2.39. The van der Waals surface area contributed by atoms with E-state index < -0.39 is 0 Å². The number of carbonyl (C=O) groups is 1. The van der Waals surface area contributed by atoms with Gasteiger partial charge in [-0.15, -0.1) is 0 Å². The predicted octanol–water partition coefficient (Wildman–Crippen LogP) is 2.16. The quantitative estimate of drug-likeness (QED) is 0.760. The van der Waals surface area contributed by atoms with Gasteiger partial charge in [-0.3, -0.25) is 4.79 Å². The number of aryl methyl sites for hydroxylation is 1. The Morgan fingerprint density at radius 3 is 2.80 bits per heavy atom. The number of carbonyl (C=O) groups excluding carboxylic acids is 1. The predicted molar refractivity (Wildman–Crippen MR) is 62.3 cm³/mol. The van der Waals surface area contributed by atoms with Crippen LogP contribution in [0.4, 0.5) is 11.4 Å². The van der Waals surface area contributed by atoms with Gasteiger partial charge in [-0.2, -0.15) is 0 Å². The third kappa shape index (κ3) is 1.69. The van der Waals surface area contributed by atoms with Gasteiger partial charge >= 0.3 is 0 Å². The van der Waals surface area contributed by atoms with Gasteiger partial charge in [0.2, 0.25) is 5.91 Å².